The summed E-state index contributed by atoms with van der Waals surface area (Å²) in [5.74, 6) is -0.466. The largest absolute Gasteiger partial charge is 0.393 e. The van der Waals surface area contributed by atoms with Crippen LogP contribution in [0.5, 0.6) is 0 Å². The maximum Gasteiger partial charge on any atom is 0.393 e. The van der Waals surface area contributed by atoms with Crippen molar-refractivity contribution in [1.82, 2.24) is 25.1 Å². The molecule has 1 aliphatic rings. The molecule has 1 saturated heterocycles. The fourth-order valence-corrected chi connectivity index (χ4v) is 3.12. The first-order valence-electron chi connectivity index (χ1n) is 8.16. The van der Waals surface area contributed by atoms with Crippen LogP contribution in [0.25, 0.3) is 5.69 Å². The van der Waals surface area contributed by atoms with Crippen LogP contribution in [-0.2, 0) is 6.42 Å². The Labute approximate surface area is 138 Å². The van der Waals surface area contributed by atoms with Crippen LogP contribution in [0.15, 0.2) is 30.3 Å². The lowest BCUT2D eigenvalue weighted by atomic mass is 9.97. The molecular formula is C16H20F3N5. The van der Waals surface area contributed by atoms with Crippen molar-refractivity contribution in [1.29, 1.82) is 0 Å². The highest BCUT2D eigenvalue weighted by Gasteiger charge is 2.41. The Morgan fingerprint density at radius 3 is 2.71 bits per heavy atom. The van der Waals surface area contributed by atoms with E-state index in [1.165, 1.54) is 0 Å². The molecule has 1 aliphatic heterocycles. The number of halogens is 3. The van der Waals surface area contributed by atoms with Gasteiger partial charge in [-0.1, -0.05) is 18.2 Å². The van der Waals surface area contributed by atoms with Crippen molar-refractivity contribution in [2.45, 2.75) is 31.9 Å². The molecule has 1 fully saturated rings. The molecule has 0 bridgehead atoms. The molecule has 2 heterocycles. The Kier molecular flexibility index (Phi) is 5.13. The van der Waals surface area contributed by atoms with E-state index in [1.807, 2.05) is 35.2 Å². The standard InChI is InChI=1S/C16H20F3N5/c17-16(18,19)13-6-4-10-23(12-13)11-5-9-15-20-21-22-24(15)14-7-2-1-3-8-14/h1-3,7-8,13H,4-6,9-12H2. The minimum atomic E-state index is -4.09. The summed E-state index contributed by atoms with van der Waals surface area (Å²) in [6, 6.07) is 9.56. The van der Waals surface area contributed by atoms with Crippen molar-refractivity contribution < 1.29 is 13.2 Å². The molecule has 1 atom stereocenters. The van der Waals surface area contributed by atoms with Crippen molar-refractivity contribution in [2.24, 2.45) is 5.92 Å². The van der Waals surface area contributed by atoms with E-state index in [0.717, 1.165) is 24.5 Å². The summed E-state index contributed by atoms with van der Waals surface area (Å²) in [5.41, 5.74) is 0.882. The van der Waals surface area contributed by atoms with Crippen LogP contribution >= 0.6 is 0 Å². The molecule has 0 amide bonds. The Bertz CT molecular complexity index is 641. The van der Waals surface area contributed by atoms with Gasteiger partial charge in [-0.2, -0.15) is 17.9 Å². The topological polar surface area (TPSA) is 46.8 Å². The number of alkyl halides is 3. The molecule has 1 aromatic carbocycles. The zero-order valence-electron chi connectivity index (χ0n) is 13.3. The lowest BCUT2D eigenvalue weighted by Crippen LogP contribution is -2.42. The molecule has 1 unspecified atom stereocenters. The maximum absolute atomic E-state index is 12.8. The van der Waals surface area contributed by atoms with Crippen LogP contribution in [0.3, 0.4) is 0 Å². The maximum atomic E-state index is 12.8. The van der Waals surface area contributed by atoms with Crippen molar-refractivity contribution in [3.8, 4) is 5.69 Å². The van der Waals surface area contributed by atoms with Gasteiger partial charge in [0.2, 0.25) is 0 Å². The summed E-state index contributed by atoms with van der Waals surface area (Å²) in [6.07, 6.45) is -1.87. The van der Waals surface area contributed by atoms with Crippen molar-refractivity contribution >= 4 is 0 Å². The third kappa shape index (κ3) is 4.11. The number of para-hydroxylation sites is 1. The van der Waals surface area contributed by atoms with E-state index in [0.29, 0.717) is 19.4 Å². The second kappa shape index (κ2) is 7.29. The first-order chi connectivity index (χ1) is 11.5. The van der Waals surface area contributed by atoms with Gasteiger partial charge >= 0.3 is 6.18 Å². The molecular weight excluding hydrogens is 319 g/mol. The first kappa shape index (κ1) is 16.9. The van der Waals surface area contributed by atoms with Gasteiger partial charge in [0, 0.05) is 13.0 Å². The molecule has 0 spiro atoms. The number of nitrogens with zero attached hydrogens (tertiary/aromatic N) is 5. The Balaban J connectivity index is 1.53. The van der Waals surface area contributed by atoms with Crippen LogP contribution < -0.4 is 0 Å². The van der Waals surface area contributed by atoms with E-state index >= 15 is 0 Å². The van der Waals surface area contributed by atoms with Crippen LogP contribution in [0.1, 0.15) is 25.1 Å². The smallest absolute Gasteiger partial charge is 0.303 e. The highest BCUT2D eigenvalue weighted by Crippen LogP contribution is 2.33. The van der Waals surface area contributed by atoms with Gasteiger partial charge in [-0.15, -0.1) is 5.10 Å². The van der Waals surface area contributed by atoms with Gasteiger partial charge in [0.1, 0.15) is 0 Å². The third-order valence-electron chi connectivity index (χ3n) is 4.38. The van der Waals surface area contributed by atoms with Crippen LogP contribution in [-0.4, -0.2) is 50.9 Å². The highest BCUT2D eigenvalue weighted by atomic mass is 19.4. The first-order valence-corrected chi connectivity index (χ1v) is 8.16. The molecule has 1 aromatic heterocycles. The number of aryl methyl sites for hydroxylation is 1. The number of piperidine rings is 1. The van der Waals surface area contributed by atoms with E-state index in [4.69, 9.17) is 0 Å². The summed E-state index contributed by atoms with van der Waals surface area (Å²) >= 11 is 0. The summed E-state index contributed by atoms with van der Waals surface area (Å²) in [4.78, 5) is 1.90. The summed E-state index contributed by atoms with van der Waals surface area (Å²) in [7, 11) is 0. The second-order valence-corrected chi connectivity index (χ2v) is 6.13. The Morgan fingerprint density at radius 2 is 1.96 bits per heavy atom. The molecule has 3 rings (SSSR count). The summed E-state index contributed by atoms with van der Waals surface area (Å²) < 4.78 is 40.2. The van der Waals surface area contributed by atoms with E-state index in [2.05, 4.69) is 15.5 Å². The zero-order valence-corrected chi connectivity index (χ0v) is 13.3. The normalized spacial score (nSPS) is 19.5. The Hall–Kier alpha value is -1.96. The van der Waals surface area contributed by atoms with Crippen LogP contribution in [0.4, 0.5) is 13.2 Å². The number of aromatic nitrogens is 4. The molecule has 0 saturated carbocycles. The van der Waals surface area contributed by atoms with E-state index < -0.39 is 12.1 Å². The van der Waals surface area contributed by atoms with Crippen molar-refractivity contribution in [3.63, 3.8) is 0 Å². The van der Waals surface area contributed by atoms with Gasteiger partial charge in [-0.05, 0) is 54.9 Å². The SMILES string of the molecule is FC(F)(F)C1CCCN(CCCc2nnnn2-c2ccccc2)C1. The van der Waals surface area contributed by atoms with Crippen LogP contribution in [0.2, 0.25) is 0 Å². The predicted molar refractivity (Wildman–Crippen MR) is 82.7 cm³/mol. The third-order valence-corrected chi connectivity index (χ3v) is 4.38. The average molecular weight is 339 g/mol. The molecule has 2 aromatic rings. The molecule has 130 valence electrons. The molecule has 24 heavy (non-hydrogen) atoms. The van der Waals surface area contributed by atoms with Crippen molar-refractivity contribution in [3.05, 3.63) is 36.2 Å². The monoisotopic (exact) mass is 339 g/mol. The quantitative estimate of drug-likeness (QED) is 0.840. The molecule has 0 N–H and O–H groups in total. The van der Waals surface area contributed by atoms with Crippen molar-refractivity contribution in [2.75, 3.05) is 19.6 Å². The van der Waals surface area contributed by atoms with Gasteiger partial charge in [0.15, 0.2) is 5.82 Å². The molecule has 0 aliphatic carbocycles. The number of benzene rings is 1. The van der Waals surface area contributed by atoms with Gasteiger partial charge < -0.3 is 4.90 Å². The number of hydrogen-bond acceptors (Lipinski definition) is 4. The summed E-state index contributed by atoms with van der Waals surface area (Å²) in [5, 5.41) is 11.7. The molecule has 5 nitrogen and oxygen atoms in total. The fraction of sp³-hybridized carbons (Fsp3) is 0.562. The van der Waals surface area contributed by atoms with Gasteiger partial charge in [-0.3, -0.25) is 0 Å². The lowest BCUT2D eigenvalue weighted by molar-refractivity contribution is -0.186. The fourth-order valence-electron chi connectivity index (χ4n) is 3.12. The minimum absolute atomic E-state index is 0.104. The van der Waals surface area contributed by atoms with Gasteiger partial charge in [0.25, 0.3) is 0 Å². The minimum Gasteiger partial charge on any atom is -0.303 e. The number of tetrazole rings is 1. The van der Waals surface area contributed by atoms with Crippen LogP contribution in [0, 0.1) is 5.92 Å². The number of hydrogen-bond donors (Lipinski definition) is 0. The van der Waals surface area contributed by atoms with E-state index in [1.54, 1.807) is 4.68 Å². The van der Waals surface area contributed by atoms with E-state index in [-0.39, 0.29) is 13.0 Å². The zero-order chi connectivity index (χ0) is 17.0. The van der Waals surface area contributed by atoms with Gasteiger partial charge in [-0.25, -0.2) is 0 Å². The summed E-state index contributed by atoms with van der Waals surface area (Å²) in [6.45, 7) is 1.47. The van der Waals surface area contributed by atoms with Gasteiger partial charge in [0.05, 0.1) is 11.6 Å². The second-order valence-electron chi connectivity index (χ2n) is 6.13. The Morgan fingerprint density at radius 1 is 1.17 bits per heavy atom. The molecule has 0 radical (unpaired) electrons. The average Bonchev–Trinajstić information content (AvgIpc) is 3.04. The number of rotatable bonds is 5. The lowest BCUT2D eigenvalue weighted by Gasteiger charge is -2.33. The highest BCUT2D eigenvalue weighted by molar-refractivity contribution is 5.30. The van der Waals surface area contributed by atoms with E-state index in [9.17, 15) is 13.2 Å². The molecule has 8 heteroatoms. The predicted octanol–water partition coefficient (Wildman–Crippen LogP) is 2.87. The number of likely N-dealkylation sites (tertiary alicyclic amines) is 1.